The van der Waals surface area contributed by atoms with Crippen molar-refractivity contribution in [2.75, 3.05) is 6.61 Å². The Morgan fingerprint density at radius 3 is 2.50 bits per heavy atom. The van der Waals surface area contributed by atoms with Crippen LogP contribution in [0.3, 0.4) is 0 Å². The maximum atomic E-state index is 14.5. The summed E-state index contributed by atoms with van der Waals surface area (Å²) in [7, 11) is 0. The first kappa shape index (κ1) is 14.1. The highest BCUT2D eigenvalue weighted by molar-refractivity contribution is 6.06. The minimum absolute atomic E-state index is 0.118. The van der Waals surface area contributed by atoms with E-state index in [0.717, 1.165) is 6.92 Å². The number of Topliss-reactive ketones (excluding diaryl/α,β-unsaturated/α-hetero) is 1. The van der Waals surface area contributed by atoms with Crippen molar-refractivity contribution in [1.29, 1.82) is 0 Å². The van der Waals surface area contributed by atoms with Gasteiger partial charge in [0.1, 0.15) is 6.61 Å². The Balaban J connectivity index is 2.90. The molecule has 0 fully saturated rings. The van der Waals surface area contributed by atoms with Gasteiger partial charge >= 0.3 is 5.97 Å². The second-order valence-corrected chi connectivity index (χ2v) is 3.91. The normalized spacial score (nSPS) is 13.4. The molecule has 1 aromatic rings. The van der Waals surface area contributed by atoms with E-state index < -0.39 is 17.4 Å². The molecule has 0 aliphatic rings. The summed E-state index contributed by atoms with van der Waals surface area (Å²) in [6.07, 6.45) is 1.00. The number of ketones is 1. The number of esters is 1. The zero-order valence-electron chi connectivity index (χ0n) is 10.2. The third kappa shape index (κ3) is 3.26. The van der Waals surface area contributed by atoms with Gasteiger partial charge in [-0.05, 0) is 12.5 Å². The second kappa shape index (κ2) is 6.10. The summed E-state index contributed by atoms with van der Waals surface area (Å²) in [6.45, 7) is 4.28. The van der Waals surface area contributed by atoms with Crippen LogP contribution in [0.5, 0.6) is 0 Å². The Labute approximate surface area is 105 Å². The largest absolute Gasteiger partial charge is 0.459 e. The van der Waals surface area contributed by atoms with Crippen LogP contribution in [-0.4, -0.2) is 24.0 Å². The number of halogens is 1. The van der Waals surface area contributed by atoms with Gasteiger partial charge in [0.05, 0.1) is 0 Å². The van der Waals surface area contributed by atoms with E-state index in [0.29, 0.717) is 5.56 Å². The van der Waals surface area contributed by atoms with Crippen molar-refractivity contribution in [2.24, 2.45) is 0 Å². The maximum absolute atomic E-state index is 14.5. The molecule has 0 radical (unpaired) electrons. The number of benzene rings is 1. The molecular weight excluding hydrogens is 235 g/mol. The Hall–Kier alpha value is -1.97. The number of ether oxygens (including phenoxy) is 1. The predicted molar refractivity (Wildman–Crippen MR) is 65.8 cm³/mol. The molecule has 0 N–H and O–H groups in total. The van der Waals surface area contributed by atoms with Gasteiger partial charge < -0.3 is 4.74 Å². The molecule has 96 valence electrons. The van der Waals surface area contributed by atoms with E-state index in [9.17, 15) is 14.0 Å². The molecular formula is C14H15FO3. The van der Waals surface area contributed by atoms with Crippen LogP contribution in [0.25, 0.3) is 0 Å². The third-order valence-corrected chi connectivity index (χ3v) is 2.50. The molecule has 0 saturated carbocycles. The SMILES string of the molecule is C=CCOC(=O)C(F)(Cc1ccccc1)C(C)=O. The molecule has 0 aliphatic heterocycles. The van der Waals surface area contributed by atoms with Crippen molar-refractivity contribution in [3.63, 3.8) is 0 Å². The fourth-order valence-corrected chi connectivity index (χ4v) is 1.47. The number of hydrogen-bond donors (Lipinski definition) is 0. The molecule has 4 heteroatoms. The van der Waals surface area contributed by atoms with Crippen LogP contribution in [0.2, 0.25) is 0 Å². The summed E-state index contributed by atoms with van der Waals surface area (Å²) in [5.74, 6) is -2.03. The van der Waals surface area contributed by atoms with Crippen LogP contribution < -0.4 is 0 Å². The molecule has 0 bridgehead atoms. The van der Waals surface area contributed by atoms with Gasteiger partial charge in [0, 0.05) is 6.42 Å². The van der Waals surface area contributed by atoms with E-state index in [4.69, 9.17) is 0 Å². The van der Waals surface area contributed by atoms with Gasteiger partial charge in [-0.25, -0.2) is 9.18 Å². The summed E-state index contributed by atoms with van der Waals surface area (Å²) in [4.78, 5) is 23.0. The number of rotatable bonds is 6. The summed E-state index contributed by atoms with van der Waals surface area (Å²) < 4.78 is 19.1. The van der Waals surface area contributed by atoms with Gasteiger partial charge in [-0.2, -0.15) is 0 Å². The number of carbonyl (C=O) groups is 2. The summed E-state index contributed by atoms with van der Waals surface area (Å²) in [6, 6.07) is 8.50. The van der Waals surface area contributed by atoms with Crippen molar-refractivity contribution < 1.29 is 18.7 Å². The molecule has 0 spiro atoms. The van der Waals surface area contributed by atoms with E-state index in [2.05, 4.69) is 11.3 Å². The van der Waals surface area contributed by atoms with Crippen molar-refractivity contribution in [2.45, 2.75) is 19.0 Å². The predicted octanol–water partition coefficient (Wildman–Crippen LogP) is 2.26. The van der Waals surface area contributed by atoms with E-state index >= 15 is 0 Å². The van der Waals surface area contributed by atoms with Crippen molar-refractivity contribution in [1.82, 2.24) is 0 Å². The first-order valence-electron chi connectivity index (χ1n) is 5.52. The van der Waals surface area contributed by atoms with E-state index in [-0.39, 0.29) is 13.0 Å². The zero-order valence-corrected chi connectivity index (χ0v) is 10.2. The first-order valence-corrected chi connectivity index (χ1v) is 5.52. The molecule has 1 atom stereocenters. The summed E-state index contributed by atoms with van der Waals surface area (Å²) >= 11 is 0. The molecule has 1 aromatic carbocycles. The zero-order chi connectivity index (χ0) is 13.6. The number of carbonyl (C=O) groups excluding carboxylic acids is 2. The number of alkyl halides is 1. The maximum Gasteiger partial charge on any atom is 0.352 e. The quantitative estimate of drug-likeness (QED) is 0.442. The van der Waals surface area contributed by atoms with Crippen LogP contribution in [0.1, 0.15) is 12.5 Å². The average Bonchev–Trinajstić information content (AvgIpc) is 2.36. The monoisotopic (exact) mass is 250 g/mol. The average molecular weight is 250 g/mol. The van der Waals surface area contributed by atoms with E-state index in [1.165, 1.54) is 6.08 Å². The fraction of sp³-hybridized carbons (Fsp3) is 0.286. The molecule has 1 unspecified atom stereocenters. The minimum atomic E-state index is -2.63. The molecule has 3 nitrogen and oxygen atoms in total. The highest BCUT2D eigenvalue weighted by atomic mass is 19.1. The van der Waals surface area contributed by atoms with Gasteiger partial charge in [-0.3, -0.25) is 4.79 Å². The van der Waals surface area contributed by atoms with Crippen molar-refractivity contribution in [3.05, 3.63) is 48.6 Å². The summed E-state index contributed by atoms with van der Waals surface area (Å²) in [5, 5.41) is 0. The smallest absolute Gasteiger partial charge is 0.352 e. The van der Waals surface area contributed by atoms with Crippen LogP contribution in [0.4, 0.5) is 4.39 Å². The Morgan fingerprint density at radius 2 is 2.00 bits per heavy atom. The van der Waals surface area contributed by atoms with Gasteiger partial charge in [-0.15, -0.1) is 0 Å². The Morgan fingerprint density at radius 1 is 1.39 bits per heavy atom. The lowest BCUT2D eigenvalue weighted by atomic mass is 9.93. The first-order chi connectivity index (χ1) is 8.50. The highest BCUT2D eigenvalue weighted by Gasteiger charge is 2.45. The third-order valence-electron chi connectivity index (χ3n) is 2.50. The van der Waals surface area contributed by atoms with E-state index in [1.807, 2.05) is 0 Å². The molecule has 0 amide bonds. The van der Waals surface area contributed by atoms with Crippen LogP contribution in [0, 0.1) is 0 Å². The molecule has 18 heavy (non-hydrogen) atoms. The topological polar surface area (TPSA) is 43.4 Å². The fourth-order valence-electron chi connectivity index (χ4n) is 1.47. The Bertz CT molecular complexity index is 442. The lowest BCUT2D eigenvalue weighted by molar-refractivity contribution is -0.161. The van der Waals surface area contributed by atoms with Crippen LogP contribution in [-0.2, 0) is 20.7 Å². The number of hydrogen-bond acceptors (Lipinski definition) is 3. The van der Waals surface area contributed by atoms with E-state index in [1.54, 1.807) is 30.3 Å². The van der Waals surface area contributed by atoms with Gasteiger partial charge in [0.25, 0.3) is 5.67 Å². The molecule has 0 aromatic heterocycles. The molecule has 0 aliphatic carbocycles. The Kier molecular flexibility index (Phi) is 4.77. The van der Waals surface area contributed by atoms with Crippen LogP contribution in [0.15, 0.2) is 43.0 Å². The lowest BCUT2D eigenvalue weighted by Gasteiger charge is -2.20. The standard InChI is InChI=1S/C14H15FO3/c1-3-9-18-13(17)14(15,11(2)16)10-12-7-5-4-6-8-12/h3-8H,1,9-10H2,2H3. The molecule has 0 heterocycles. The van der Waals surface area contributed by atoms with Gasteiger partial charge in [0.2, 0.25) is 0 Å². The highest BCUT2D eigenvalue weighted by Crippen LogP contribution is 2.21. The second-order valence-electron chi connectivity index (χ2n) is 3.91. The minimum Gasteiger partial charge on any atom is -0.459 e. The van der Waals surface area contributed by atoms with Gasteiger partial charge in [-0.1, -0.05) is 43.0 Å². The summed E-state index contributed by atoms with van der Waals surface area (Å²) in [5.41, 5.74) is -2.07. The van der Waals surface area contributed by atoms with Crippen molar-refractivity contribution >= 4 is 11.8 Å². The van der Waals surface area contributed by atoms with Crippen LogP contribution >= 0.6 is 0 Å². The molecule has 1 rings (SSSR count). The lowest BCUT2D eigenvalue weighted by Crippen LogP contribution is -2.44. The van der Waals surface area contributed by atoms with Gasteiger partial charge in [0.15, 0.2) is 5.78 Å². The molecule has 0 saturated heterocycles. The van der Waals surface area contributed by atoms with Crippen molar-refractivity contribution in [3.8, 4) is 0 Å².